The Morgan fingerprint density at radius 3 is 2.19 bits per heavy atom. The number of benzene rings is 3. The van der Waals surface area contributed by atoms with Gasteiger partial charge in [0.25, 0.3) is 0 Å². The second kappa shape index (κ2) is 9.85. The molecule has 212 valence electrons. The van der Waals surface area contributed by atoms with Gasteiger partial charge in [-0.2, -0.15) is 0 Å². The summed E-state index contributed by atoms with van der Waals surface area (Å²) in [7, 11) is 0. The largest absolute Gasteiger partial charge is 0.333 e. The molecule has 1 heterocycles. The summed E-state index contributed by atoms with van der Waals surface area (Å²) in [6.07, 6.45) is 25.7. The Balaban J connectivity index is 1.30. The van der Waals surface area contributed by atoms with Crippen LogP contribution in [-0.4, -0.2) is 4.57 Å². The molecule has 0 amide bonds. The molecule has 4 aliphatic rings. The first kappa shape index (κ1) is 26.3. The molecule has 3 aromatic carbocycles. The third-order valence-electron chi connectivity index (χ3n) is 10.3. The van der Waals surface area contributed by atoms with Crippen LogP contribution in [-0.2, 0) is 0 Å². The molecule has 1 heteroatoms. The summed E-state index contributed by atoms with van der Waals surface area (Å²) >= 11 is 0. The third kappa shape index (κ3) is 4.05. The van der Waals surface area contributed by atoms with Gasteiger partial charge in [0.05, 0.1) is 6.04 Å². The molecule has 8 rings (SSSR count). The number of allylic oxidation sites excluding steroid dienone is 12. The van der Waals surface area contributed by atoms with Crippen molar-refractivity contribution in [2.75, 3.05) is 0 Å². The molecule has 43 heavy (non-hydrogen) atoms. The average molecular weight is 558 g/mol. The minimum atomic E-state index is 0.00864. The molecule has 0 radical (unpaired) electrons. The predicted molar refractivity (Wildman–Crippen MR) is 183 cm³/mol. The molecule has 1 aromatic heterocycles. The van der Waals surface area contributed by atoms with Gasteiger partial charge in [-0.25, -0.2) is 0 Å². The molecule has 1 nitrogen and oxygen atoms in total. The predicted octanol–water partition coefficient (Wildman–Crippen LogP) is 9.12. The number of aryl methyl sites for hydroxylation is 2. The van der Waals surface area contributed by atoms with Gasteiger partial charge in [-0.05, 0) is 89.6 Å². The Morgan fingerprint density at radius 2 is 1.53 bits per heavy atom. The highest BCUT2D eigenvalue weighted by molar-refractivity contribution is 6.08. The van der Waals surface area contributed by atoms with Crippen molar-refractivity contribution in [3.05, 3.63) is 154 Å². The number of hydrogen-bond donors (Lipinski definition) is 0. The highest BCUT2D eigenvalue weighted by atomic mass is 15.0. The van der Waals surface area contributed by atoms with Crippen LogP contribution in [0.5, 0.6) is 0 Å². The molecule has 0 saturated carbocycles. The van der Waals surface area contributed by atoms with Crippen molar-refractivity contribution < 1.29 is 0 Å². The Kier molecular flexibility index (Phi) is 6.02. The summed E-state index contributed by atoms with van der Waals surface area (Å²) in [5.41, 5.74) is 11.1. The summed E-state index contributed by atoms with van der Waals surface area (Å²) < 4.78 is 2.57. The molecule has 0 spiro atoms. The molecule has 4 aliphatic carbocycles. The smallest absolute Gasteiger partial charge is 0.0560 e. The van der Waals surface area contributed by atoms with Crippen LogP contribution < -0.4 is 10.4 Å². The Hall–Kier alpha value is -4.36. The van der Waals surface area contributed by atoms with E-state index in [1.54, 1.807) is 5.57 Å². The van der Waals surface area contributed by atoms with Crippen molar-refractivity contribution in [3.8, 4) is 0 Å². The lowest BCUT2D eigenvalue weighted by molar-refractivity contribution is 0.481. The van der Waals surface area contributed by atoms with Gasteiger partial charge < -0.3 is 4.57 Å². The van der Waals surface area contributed by atoms with Gasteiger partial charge in [0.2, 0.25) is 0 Å². The lowest BCUT2D eigenvalue weighted by Gasteiger charge is -2.42. The van der Waals surface area contributed by atoms with Gasteiger partial charge in [0, 0.05) is 33.1 Å². The Bertz CT molecular complexity index is 2080. The highest BCUT2D eigenvalue weighted by Gasteiger charge is 2.40. The van der Waals surface area contributed by atoms with E-state index in [1.807, 2.05) is 0 Å². The molecule has 0 aliphatic heterocycles. The summed E-state index contributed by atoms with van der Waals surface area (Å²) in [5.74, 6) is 0.812. The molecule has 0 N–H and O–H groups in total. The number of nitrogens with zero attached hydrogens (tertiary/aromatic N) is 1. The zero-order valence-electron chi connectivity index (χ0n) is 25.6. The van der Waals surface area contributed by atoms with E-state index in [1.165, 1.54) is 60.1 Å². The van der Waals surface area contributed by atoms with E-state index in [9.17, 15) is 0 Å². The van der Waals surface area contributed by atoms with Crippen LogP contribution in [0.15, 0.2) is 133 Å². The average Bonchev–Trinajstić information content (AvgIpc) is 3.33. The monoisotopic (exact) mass is 557 g/mol. The maximum Gasteiger partial charge on any atom is 0.0560 e. The van der Waals surface area contributed by atoms with Gasteiger partial charge in [0.15, 0.2) is 0 Å². The number of fused-ring (bicyclic) bond motifs is 5. The number of rotatable bonds is 3. The van der Waals surface area contributed by atoms with Crippen molar-refractivity contribution >= 4 is 33.0 Å². The van der Waals surface area contributed by atoms with E-state index in [-0.39, 0.29) is 11.5 Å². The highest BCUT2D eigenvalue weighted by Crippen LogP contribution is 2.50. The quantitative estimate of drug-likeness (QED) is 0.237. The number of aromatic nitrogens is 1. The first-order chi connectivity index (χ1) is 20.9. The zero-order valence-corrected chi connectivity index (χ0v) is 25.6. The summed E-state index contributed by atoms with van der Waals surface area (Å²) in [6, 6.07) is 23.3. The maximum atomic E-state index is 2.57. The fourth-order valence-corrected chi connectivity index (χ4v) is 8.29. The van der Waals surface area contributed by atoms with Gasteiger partial charge >= 0.3 is 0 Å². The molecule has 0 bridgehead atoms. The van der Waals surface area contributed by atoms with E-state index >= 15 is 0 Å². The minimum absolute atomic E-state index is 0.00864. The van der Waals surface area contributed by atoms with Crippen LogP contribution in [0, 0.1) is 31.1 Å². The summed E-state index contributed by atoms with van der Waals surface area (Å²) in [6.45, 7) is 9.23. The van der Waals surface area contributed by atoms with E-state index in [2.05, 4.69) is 154 Å². The van der Waals surface area contributed by atoms with Crippen molar-refractivity contribution in [1.82, 2.24) is 4.57 Å². The topological polar surface area (TPSA) is 4.93 Å². The second-order valence-corrected chi connectivity index (χ2v) is 13.3. The minimum Gasteiger partial charge on any atom is -0.333 e. The van der Waals surface area contributed by atoms with Crippen molar-refractivity contribution in [2.24, 2.45) is 17.3 Å². The van der Waals surface area contributed by atoms with E-state index < -0.39 is 0 Å². The molecule has 4 aromatic rings. The van der Waals surface area contributed by atoms with Crippen LogP contribution in [0.2, 0.25) is 0 Å². The molecule has 4 unspecified atom stereocenters. The van der Waals surface area contributed by atoms with Gasteiger partial charge in [-0.3, -0.25) is 0 Å². The van der Waals surface area contributed by atoms with Crippen LogP contribution in [0.4, 0.5) is 0 Å². The third-order valence-corrected chi connectivity index (χ3v) is 10.3. The van der Waals surface area contributed by atoms with Crippen LogP contribution in [0.1, 0.15) is 43.9 Å². The van der Waals surface area contributed by atoms with Gasteiger partial charge in [0.1, 0.15) is 0 Å². The SMILES string of the molecule is Cc1ccc2c(c1)c1cc(C)ccc1n2C1C=CC(C2=c3ccccc3=C(C3(C)C=CC=CC3)C3C2=CC=CC3C)=CC1. The first-order valence-electron chi connectivity index (χ1n) is 15.9. The maximum absolute atomic E-state index is 2.57. The molecular weight excluding hydrogens is 518 g/mol. The van der Waals surface area contributed by atoms with Crippen molar-refractivity contribution in [2.45, 2.75) is 46.6 Å². The molecule has 0 fully saturated rings. The van der Waals surface area contributed by atoms with E-state index in [4.69, 9.17) is 0 Å². The lowest BCUT2D eigenvalue weighted by Crippen LogP contribution is -2.43. The number of hydrogen-bond acceptors (Lipinski definition) is 0. The lowest BCUT2D eigenvalue weighted by atomic mass is 9.61. The molecule has 0 saturated heterocycles. The molecule has 4 atom stereocenters. The van der Waals surface area contributed by atoms with Crippen LogP contribution in [0.25, 0.3) is 33.0 Å². The Morgan fingerprint density at radius 1 is 0.814 bits per heavy atom. The normalized spacial score (nSPS) is 26.1. The fourth-order valence-electron chi connectivity index (χ4n) is 8.29. The van der Waals surface area contributed by atoms with E-state index in [0.29, 0.717) is 11.8 Å². The van der Waals surface area contributed by atoms with Gasteiger partial charge in [-0.15, -0.1) is 0 Å². The fraction of sp³-hybridized carbons (Fsp3) is 0.238. The summed E-state index contributed by atoms with van der Waals surface area (Å²) in [4.78, 5) is 0. The van der Waals surface area contributed by atoms with Crippen LogP contribution >= 0.6 is 0 Å². The standard InChI is InChI=1S/C42H39N/c1-27-15-21-37-35(25-27)36-26-28(2)16-22-38(36)43(37)31-19-17-30(18-20-31)40-32-12-6-7-13-33(32)41(42(4)23-8-5-9-24-42)39-29(3)11-10-14-34(39)40/h5-19,21-23,25-26,29,31,39H,20,24H2,1-4H3. The first-order valence-corrected chi connectivity index (χ1v) is 15.9. The van der Waals surface area contributed by atoms with Crippen LogP contribution in [0.3, 0.4) is 0 Å². The van der Waals surface area contributed by atoms with Crippen molar-refractivity contribution in [1.29, 1.82) is 0 Å². The van der Waals surface area contributed by atoms with Crippen molar-refractivity contribution in [3.63, 3.8) is 0 Å². The Labute approximate surface area is 254 Å². The van der Waals surface area contributed by atoms with E-state index in [0.717, 1.165) is 12.8 Å². The van der Waals surface area contributed by atoms with Gasteiger partial charge in [-0.1, -0.05) is 122 Å². The molecular formula is C42H39N. The zero-order chi connectivity index (χ0) is 29.3. The second-order valence-electron chi connectivity index (χ2n) is 13.3. The summed E-state index contributed by atoms with van der Waals surface area (Å²) in [5, 5.41) is 5.52.